The van der Waals surface area contributed by atoms with Crippen molar-refractivity contribution in [2.75, 3.05) is 46.1 Å². The number of methoxy groups -OCH3 is 3. The van der Waals surface area contributed by atoms with Crippen LogP contribution in [0.4, 0.5) is 28.3 Å². The summed E-state index contributed by atoms with van der Waals surface area (Å²) in [7, 11) is -4.63. The minimum absolute atomic E-state index is 0.0444. The summed E-state index contributed by atoms with van der Waals surface area (Å²) in [6.07, 6.45) is -5.72. The van der Waals surface area contributed by atoms with Crippen LogP contribution in [0.15, 0.2) is 46.3 Å². The predicted octanol–water partition coefficient (Wildman–Crippen LogP) is 3.93. The SMILES string of the molecule is COCC(=O)OC(c1ncccc1S(=O)(=O)NC(=O)Nc1nc(OC)cc(OC)n1)C(C)F.CS(=O)(=O)c1ccc(C(=O)C2C(=O)CCCC2=O)c(Cl)c1COCC(F)(F)F. The number of ketones is 3. The molecule has 2 aromatic heterocycles. The largest absolute Gasteiger partial charge is 0.481 e. The topological polar surface area (TPSA) is 263 Å². The van der Waals surface area contributed by atoms with Gasteiger partial charge in [-0.2, -0.15) is 23.1 Å². The normalized spacial score (nSPS) is 14.5. The number of carbonyl (C=O) groups excluding carboxylic acids is 5. The van der Waals surface area contributed by atoms with E-state index in [1.54, 1.807) is 4.72 Å². The number of pyridine rings is 1. The standard InChI is InChI=1S/C18H22FN5O8S.C17H16ClF3O6S/c1-10(19)16(32-14(25)9-29-2)15-11(6-5-7-20-15)33(27,28)24-18(26)23-17-21-12(30-3)8-13(22-17)31-4;1-28(25,26)13-6-5-9(15(18)10(13)7-27-8-17(19,20)21)16(24)14-11(22)3-2-4-12(14)23/h5-8,10,16H,9H2,1-4H3,(H2,21,22,23,24,26);5-6,14H,2-4,7-8H2,1H3. The zero-order valence-electron chi connectivity index (χ0n) is 32.7. The highest BCUT2D eigenvalue weighted by Gasteiger charge is 2.38. The summed E-state index contributed by atoms with van der Waals surface area (Å²) in [6.45, 7) is -1.90. The van der Waals surface area contributed by atoms with Gasteiger partial charge in [0.1, 0.15) is 35.9 Å². The summed E-state index contributed by atoms with van der Waals surface area (Å²) in [5.74, 6) is -4.74. The van der Waals surface area contributed by atoms with Gasteiger partial charge in [-0.1, -0.05) is 11.6 Å². The number of aromatic nitrogens is 3. The lowest BCUT2D eigenvalue weighted by Gasteiger charge is -2.21. The number of rotatable bonds is 16. The molecule has 1 aromatic carbocycles. The molecule has 1 fully saturated rings. The van der Waals surface area contributed by atoms with Crippen molar-refractivity contribution in [3.05, 3.63) is 58.4 Å². The molecule has 1 aliphatic rings. The maximum atomic E-state index is 14.2. The van der Waals surface area contributed by atoms with Gasteiger partial charge in [0.05, 0.1) is 36.8 Å². The number of benzene rings is 1. The Kier molecular flexibility index (Phi) is 17.6. The van der Waals surface area contributed by atoms with Crippen molar-refractivity contribution < 1.29 is 82.1 Å². The van der Waals surface area contributed by atoms with Gasteiger partial charge >= 0.3 is 18.2 Å². The van der Waals surface area contributed by atoms with Crippen molar-refractivity contribution in [2.24, 2.45) is 5.92 Å². The summed E-state index contributed by atoms with van der Waals surface area (Å²) in [6, 6.07) is 4.47. The molecule has 19 nitrogen and oxygen atoms in total. The number of ether oxygens (including phenoxy) is 5. The first-order chi connectivity index (χ1) is 28.4. The van der Waals surface area contributed by atoms with Gasteiger partial charge in [-0.15, -0.1) is 0 Å². The molecule has 0 aliphatic heterocycles. The van der Waals surface area contributed by atoms with E-state index in [4.69, 9.17) is 25.8 Å². The van der Waals surface area contributed by atoms with Crippen LogP contribution in [0.5, 0.6) is 11.8 Å². The number of anilines is 1. The molecule has 334 valence electrons. The van der Waals surface area contributed by atoms with Gasteiger partial charge in [0.2, 0.25) is 17.7 Å². The first-order valence-corrected chi connectivity index (χ1v) is 21.0. The molecular weight excluding hydrogens is 890 g/mol. The zero-order valence-corrected chi connectivity index (χ0v) is 35.1. The molecule has 0 radical (unpaired) electrons. The van der Waals surface area contributed by atoms with Gasteiger partial charge in [0.25, 0.3) is 10.0 Å². The van der Waals surface area contributed by atoms with Crippen LogP contribution in [-0.4, -0.2) is 114 Å². The zero-order chi connectivity index (χ0) is 45.9. The number of sulfonamides is 1. The molecule has 3 aromatic rings. The number of hydrogen-bond acceptors (Lipinski definition) is 17. The second-order valence-electron chi connectivity index (χ2n) is 12.6. The maximum Gasteiger partial charge on any atom is 0.411 e. The lowest BCUT2D eigenvalue weighted by molar-refractivity contribution is -0.176. The van der Waals surface area contributed by atoms with Crippen molar-refractivity contribution in [3.8, 4) is 11.8 Å². The fourth-order valence-corrected chi connectivity index (χ4v) is 7.77. The molecule has 2 unspecified atom stereocenters. The van der Waals surface area contributed by atoms with Crippen LogP contribution in [0.2, 0.25) is 5.02 Å². The number of halogens is 5. The van der Waals surface area contributed by atoms with E-state index in [1.807, 2.05) is 0 Å². The Hall–Kier alpha value is -5.37. The van der Waals surface area contributed by atoms with Crippen LogP contribution in [0.3, 0.4) is 0 Å². The van der Waals surface area contributed by atoms with Crippen molar-refractivity contribution in [2.45, 2.75) is 61.0 Å². The van der Waals surface area contributed by atoms with Crippen molar-refractivity contribution in [3.63, 3.8) is 0 Å². The first-order valence-electron chi connectivity index (χ1n) is 17.3. The number of nitrogens with one attached hydrogen (secondary N) is 2. The van der Waals surface area contributed by atoms with Gasteiger partial charge in [0, 0.05) is 43.5 Å². The average molecular weight is 928 g/mol. The van der Waals surface area contributed by atoms with Gasteiger partial charge in [0.15, 0.2) is 33.3 Å². The highest BCUT2D eigenvalue weighted by Crippen LogP contribution is 2.33. The monoisotopic (exact) mass is 927 g/mol. The van der Waals surface area contributed by atoms with E-state index in [0.717, 1.165) is 31.4 Å². The summed E-state index contributed by atoms with van der Waals surface area (Å²) in [5, 5.41) is 1.67. The molecule has 1 saturated carbocycles. The molecule has 61 heavy (non-hydrogen) atoms. The van der Waals surface area contributed by atoms with E-state index in [0.29, 0.717) is 6.42 Å². The minimum atomic E-state index is -4.65. The first kappa shape index (κ1) is 50.0. The predicted molar refractivity (Wildman–Crippen MR) is 202 cm³/mol. The van der Waals surface area contributed by atoms with Gasteiger partial charge in [-0.25, -0.2) is 35.5 Å². The molecular formula is C35H38ClF4N5O14S2. The maximum absolute atomic E-state index is 14.2. The third-order valence-corrected chi connectivity index (χ3v) is 11.0. The van der Waals surface area contributed by atoms with E-state index in [9.17, 15) is 58.4 Å². The molecule has 2 atom stereocenters. The van der Waals surface area contributed by atoms with Crippen molar-refractivity contribution >= 4 is 66.8 Å². The summed E-state index contributed by atoms with van der Waals surface area (Å²) in [4.78, 5) is 71.3. The molecule has 0 saturated heterocycles. The van der Waals surface area contributed by atoms with Crippen molar-refractivity contribution in [1.29, 1.82) is 0 Å². The molecule has 2 heterocycles. The Bertz CT molecular complexity index is 2310. The lowest BCUT2D eigenvalue weighted by Crippen LogP contribution is -2.36. The van der Waals surface area contributed by atoms with Gasteiger partial charge in [-0.05, 0) is 37.6 Å². The third-order valence-electron chi connectivity index (χ3n) is 7.98. The number of urea groups is 1. The highest BCUT2D eigenvalue weighted by molar-refractivity contribution is 7.90. The number of Topliss-reactive ketones (excluding diaryl/α,β-unsaturated/α-hetero) is 3. The molecule has 2 amide bonds. The summed E-state index contributed by atoms with van der Waals surface area (Å²) in [5.41, 5.74) is -1.07. The Labute approximate surface area is 350 Å². The van der Waals surface area contributed by atoms with Gasteiger partial charge < -0.3 is 23.7 Å². The second-order valence-corrected chi connectivity index (χ2v) is 16.6. The Balaban J connectivity index is 0.000000330. The van der Waals surface area contributed by atoms with E-state index in [-0.39, 0.29) is 41.7 Å². The van der Waals surface area contributed by atoms with E-state index >= 15 is 0 Å². The average Bonchev–Trinajstić information content (AvgIpc) is 3.16. The number of alkyl halides is 4. The molecule has 0 bridgehead atoms. The highest BCUT2D eigenvalue weighted by atomic mass is 35.5. The number of carbonyl (C=O) groups is 5. The van der Waals surface area contributed by atoms with Crippen LogP contribution in [0.1, 0.15) is 53.9 Å². The molecule has 1 aliphatic carbocycles. The Morgan fingerprint density at radius 1 is 0.967 bits per heavy atom. The lowest BCUT2D eigenvalue weighted by atomic mass is 9.81. The fourth-order valence-electron chi connectivity index (χ4n) is 5.37. The molecule has 4 rings (SSSR count). The van der Waals surface area contributed by atoms with Crippen LogP contribution in [0.25, 0.3) is 0 Å². The van der Waals surface area contributed by atoms with Crippen molar-refractivity contribution in [1.82, 2.24) is 19.7 Å². The number of sulfone groups is 1. The second kappa shape index (κ2) is 21.4. The van der Waals surface area contributed by atoms with Crippen LogP contribution < -0.4 is 19.5 Å². The minimum Gasteiger partial charge on any atom is -0.481 e. The van der Waals surface area contributed by atoms with Gasteiger partial charge in [-0.3, -0.25) is 24.7 Å². The number of esters is 1. The summed E-state index contributed by atoms with van der Waals surface area (Å²) < 4.78 is 126. The third kappa shape index (κ3) is 14.1. The summed E-state index contributed by atoms with van der Waals surface area (Å²) >= 11 is 6.11. The molecule has 2 N–H and O–H groups in total. The van der Waals surface area contributed by atoms with Crippen LogP contribution >= 0.6 is 11.6 Å². The van der Waals surface area contributed by atoms with E-state index < -0.39 is 114 Å². The van der Waals surface area contributed by atoms with E-state index in [1.165, 1.54) is 39.7 Å². The molecule has 26 heteroatoms. The fraction of sp³-hybridized carbons (Fsp3) is 0.429. The quantitative estimate of drug-likeness (QED) is 0.0892. The van der Waals surface area contributed by atoms with Crippen LogP contribution in [-0.2, 0) is 55.1 Å². The molecule has 0 spiro atoms. The number of hydrogen-bond donors (Lipinski definition) is 2. The Morgan fingerprint density at radius 2 is 1.57 bits per heavy atom. The number of nitrogens with zero attached hydrogens (tertiary/aromatic N) is 3. The van der Waals surface area contributed by atoms with E-state index in [2.05, 4.69) is 29.7 Å². The number of amides is 2. The Morgan fingerprint density at radius 3 is 2.10 bits per heavy atom. The smallest absolute Gasteiger partial charge is 0.411 e. The van der Waals surface area contributed by atoms with Crippen LogP contribution in [0, 0.1) is 5.92 Å².